The topological polar surface area (TPSA) is 73.1 Å². The summed E-state index contributed by atoms with van der Waals surface area (Å²) in [5, 5.41) is 20.2. The molecule has 4 nitrogen and oxygen atoms in total. The fourth-order valence-corrected chi connectivity index (χ4v) is 1.07. The summed E-state index contributed by atoms with van der Waals surface area (Å²) in [7, 11) is 1.47. The third-order valence-corrected chi connectivity index (χ3v) is 1.99. The standard InChI is InChI=1S/C8H14N2O2/c1-7(2,3)8(5-9,10-4)6(11)12/h10H,1-4H3,(H,11,12). The van der Waals surface area contributed by atoms with E-state index < -0.39 is 16.9 Å². The molecule has 4 heteroatoms. The molecule has 1 atom stereocenters. The number of hydrogen-bond acceptors (Lipinski definition) is 3. The number of hydrogen-bond donors (Lipinski definition) is 2. The van der Waals surface area contributed by atoms with Crippen LogP contribution in [0, 0.1) is 16.7 Å². The average Bonchev–Trinajstić information content (AvgIpc) is 1.87. The molecule has 0 heterocycles. The first-order valence-electron chi connectivity index (χ1n) is 3.65. The van der Waals surface area contributed by atoms with Crippen LogP contribution in [0.1, 0.15) is 20.8 Å². The van der Waals surface area contributed by atoms with Gasteiger partial charge in [0.15, 0.2) is 0 Å². The third kappa shape index (κ3) is 1.41. The second-order valence-electron chi connectivity index (χ2n) is 3.67. The highest BCUT2D eigenvalue weighted by atomic mass is 16.4. The molecule has 0 rings (SSSR count). The van der Waals surface area contributed by atoms with E-state index in [-0.39, 0.29) is 0 Å². The maximum Gasteiger partial charge on any atom is 0.339 e. The molecule has 0 aliphatic heterocycles. The van der Waals surface area contributed by atoms with E-state index in [4.69, 9.17) is 10.4 Å². The predicted octanol–water partition coefficient (Wildman–Crippen LogP) is 0.599. The lowest BCUT2D eigenvalue weighted by Crippen LogP contribution is -2.58. The predicted molar refractivity (Wildman–Crippen MR) is 44.5 cm³/mol. The van der Waals surface area contributed by atoms with Crippen LogP contribution in [-0.2, 0) is 4.79 Å². The lowest BCUT2D eigenvalue weighted by Gasteiger charge is -2.34. The number of nitrogens with zero attached hydrogens (tertiary/aromatic N) is 1. The van der Waals surface area contributed by atoms with Crippen LogP contribution in [0.3, 0.4) is 0 Å². The lowest BCUT2D eigenvalue weighted by molar-refractivity contribution is -0.146. The van der Waals surface area contributed by atoms with E-state index in [2.05, 4.69) is 5.32 Å². The second-order valence-corrected chi connectivity index (χ2v) is 3.67. The molecule has 1 unspecified atom stereocenters. The molecule has 0 saturated heterocycles. The number of rotatable bonds is 2. The van der Waals surface area contributed by atoms with Crippen molar-refractivity contribution in [2.24, 2.45) is 5.41 Å². The molecule has 68 valence electrons. The molecule has 0 aromatic heterocycles. The van der Waals surface area contributed by atoms with Gasteiger partial charge in [-0.2, -0.15) is 5.26 Å². The zero-order chi connectivity index (χ0) is 9.99. The highest BCUT2D eigenvalue weighted by molar-refractivity contribution is 5.83. The van der Waals surface area contributed by atoms with Gasteiger partial charge in [0.25, 0.3) is 0 Å². The Labute approximate surface area is 72.2 Å². The van der Waals surface area contributed by atoms with E-state index in [0.29, 0.717) is 0 Å². The summed E-state index contributed by atoms with van der Waals surface area (Å²) in [6, 6.07) is 1.79. The van der Waals surface area contributed by atoms with Gasteiger partial charge in [-0.1, -0.05) is 20.8 Å². The van der Waals surface area contributed by atoms with Crippen LogP contribution >= 0.6 is 0 Å². The van der Waals surface area contributed by atoms with Crippen molar-refractivity contribution in [1.82, 2.24) is 5.32 Å². The minimum atomic E-state index is -1.51. The first-order valence-corrected chi connectivity index (χ1v) is 3.65. The average molecular weight is 170 g/mol. The molecule has 0 amide bonds. The number of aliphatic carboxylic acids is 1. The smallest absolute Gasteiger partial charge is 0.339 e. The van der Waals surface area contributed by atoms with Gasteiger partial charge in [0.2, 0.25) is 5.54 Å². The SMILES string of the molecule is CNC(C#N)(C(=O)O)C(C)(C)C. The fraction of sp³-hybridized carbons (Fsp3) is 0.750. The van der Waals surface area contributed by atoms with Crippen molar-refractivity contribution in [3.05, 3.63) is 0 Å². The molecule has 0 radical (unpaired) electrons. The van der Waals surface area contributed by atoms with E-state index in [9.17, 15) is 4.79 Å². The second kappa shape index (κ2) is 3.11. The molecular formula is C8H14N2O2. The Hall–Kier alpha value is -1.08. The van der Waals surface area contributed by atoms with Crippen LogP contribution in [-0.4, -0.2) is 23.7 Å². The number of carboxylic acids is 1. The third-order valence-electron chi connectivity index (χ3n) is 1.99. The van der Waals surface area contributed by atoms with Crippen LogP contribution < -0.4 is 5.32 Å². The maximum atomic E-state index is 10.8. The van der Waals surface area contributed by atoms with E-state index in [0.717, 1.165) is 0 Å². The molecule has 0 saturated carbocycles. The summed E-state index contributed by atoms with van der Waals surface area (Å²) in [6.07, 6.45) is 0. The molecule has 0 spiro atoms. The zero-order valence-electron chi connectivity index (χ0n) is 7.80. The van der Waals surface area contributed by atoms with Crippen molar-refractivity contribution < 1.29 is 9.90 Å². The molecule has 0 aromatic rings. The minimum absolute atomic E-state index is 0.637. The summed E-state index contributed by atoms with van der Waals surface area (Å²) < 4.78 is 0. The Morgan fingerprint density at radius 3 is 1.92 bits per heavy atom. The van der Waals surface area contributed by atoms with Crippen LogP contribution in [0.15, 0.2) is 0 Å². The molecule has 0 fully saturated rings. The Morgan fingerprint density at radius 2 is 1.92 bits per heavy atom. The van der Waals surface area contributed by atoms with Crippen molar-refractivity contribution in [1.29, 1.82) is 5.26 Å². The van der Waals surface area contributed by atoms with Crippen LogP contribution in [0.2, 0.25) is 0 Å². The monoisotopic (exact) mass is 170 g/mol. The lowest BCUT2D eigenvalue weighted by atomic mass is 9.74. The summed E-state index contributed by atoms with van der Waals surface area (Å²) in [6.45, 7) is 5.13. The molecule has 0 bridgehead atoms. The number of nitrogens with one attached hydrogen (secondary N) is 1. The zero-order valence-corrected chi connectivity index (χ0v) is 7.80. The molecule has 0 aromatic carbocycles. The first-order chi connectivity index (χ1) is 5.31. The summed E-state index contributed by atoms with van der Waals surface area (Å²) in [5.74, 6) is -1.14. The Kier molecular flexibility index (Phi) is 2.83. The molecule has 0 aliphatic rings. The molecule has 12 heavy (non-hydrogen) atoms. The summed E-state index contributed by atoms with van der Waals surface area (Å²) in [5.41, 5.74) is -2.14. The van der Waals surface area contributed by atoms with Crippen molar-refractivity contribution in [3.8, 4) is 6.07 Å². The van der Waals surface area contributed by atoms with Gasteiger partial charge in [-0.3, -0.25) is 5.32 Å². The Balaban J connectivity index is 5.15. The normalized spacial score (nSPS) is 16.2. The first kappa shape index (κ1) is 10.9. The summed E-state index contributed by atoms with van der Waals surface area (Å²) >= 11 is 0. The highest BCUT2D eigenvalue weighted by Crippen LogP contribution is 2.29. The van der Waals surface area contributed by atoms with Gasteiger partial charge in [0, 0.05) is 5.41 Å². The summed E-state index contributed by atoms with van der Waals surface area (Å²) in [4.78, 5) is 10.8. The van der Waals surface area contributed by atoms with Gasteiger partial charge < -0.3 is 5.11 Å². The minimum Gasteiger partial charge on any atom is -0.479 e. The van der Waals surface area contributed by atoms with Crippen LogP contribution in [0.25, 0.3) is 0 Å². The van der Waals surface area contributed by atoms with Gasteiger partial charge >= 0.3 is 5.97 Å². The van der Waals surface area contributed by atoms with Crippen molar-refractivity contribution in [2.45, 2.75) is 26.3 Å². The quantitative estimate of drug-likeness (QED) is 0.636. The number of carbonyl (C=O) groups is 1. The number of nitriles is 1. The molecule has 2 N–H and O–H groups in total. The van der Waals surface area contributed by atoms with Crippen LogP contribution in [0.5, 0.6) is 0 Å². The fourth-order valence-electron chi connectivity index (χ4n) is 1.07. The van der Waals surface area contributed by atoms with E-state index >= 15 is 0 Å². The largest absolute Gasteiger partial charge is 0.479 e. The van der Waals surface area contributed by atoms with Gasteiger partial charge in [0.1, 0.15) is 0 Å². The van der Waals surface area contributed by atoms with Gasteiger partial charge in [-0.15, -0.1) is 0 Å². The van der Waals surface area contributed by atoms with Crippen molar-refractivity contribution in [3.63, 3.8) is 0 Å². The number of carboxylic acid groups (broad SMARTS) is 1. The molecular weight excluding hydrogens is 156 g/mol. The van der Waals surface area contributed by atoms with Gasteiger partial charge in [-0.25, -0.2) is 4.79 Å². The van der Waals surface area contributed by atoms with Crippen molar-refractivity contribution >= 4 is 5.97 Å². The van der Waals surface area contributed by atoms with Gasteiger partial charge in [0.05, 0.1) is 6.07 Å². The van der Waals surface area contributed by atoms with Crippen molar-refractivity contribution in [2.75, 3.05) is 7.05 Å². The molecule has 0 aliphatic carbocycles. The van der Waals surface area contributed by atoms with E-state index in [1.165, 1.54) is 7.05 Å². The Bertz CT molecular complexity index is 224. The highest BCUT2D eigenvalue weighted by Gasteiger charge is 2.48. The Morgan fingerprint density at radius 1 is 1.50 bits per heavy atom. The maximum absolute atomic E-state index is 10.8. The van der Waals surface area contributed by atoms with Gasteiger partial charge in [-0.05, 0) is 7.05 Å². The van der Waals surface area contributed by atoms with E-state index in [1.54, 1.807) is 26.8 Å². The number of likely N-dealkylation sites (N-methyl/N-ethyl adjacent to an activating group) is 1. The van der Waals surface area contributed by atoms with Crippen LogP contribution in [0.4, 0.5) is 0 Å². The van der Waals surface area contributed by atoms with E-state index in [1.807, 2.05) is 0 Å².